The van der Waals surface area contributed by atoms with Crippen LogP contribution in [0.5, 0.6) is 0 Å². The van der Waals surface area contributed by atoms with Gasteiger partial charge in [-0.1, -0.05) is 29.8 Å². The van der Waals surface area contributed by atoms with Gasteiger partial charge in [-0.25, -0.2) is 5.84 Å². The molecule has 0 saturated carbocycles. The summed E-state index contributed by atoms with van der Waals surface area (Å²) >= 11 is 6.22. The van der Waals surface area contributed by atoms with Gasteiger partial charge < -0.3 is 9.64 Å². The Labute approximate surface area is 125 Å². The van der Waals surface area contributed by atoms with Crippen LogP contribution in [-0.2, 0) is 4.74 Å². The van der Waals surface area contributed by atoms with Gasteiger partial charge in [-0.3, -0.25) is 10.4 Å². The summed E-state index contributed by atoms with van der Waals surface area (Å²) in [5.41, 5.74) is 3.68. The lowest BCUT2D eigenvalue weighted by Crippen LogP contribution is -2.44. The molecule has 1 rings (SSSR count). The van der Waals surface area contributed by atoms with Crippen molar-refractivity contribution >= 4 is 17.6 Å². The summed E-state index contributed by atoms with van der Waals surface area (Å²) < 4.78 is 5.00. The highest BCUT2D eigenvalue weighted by Crippen LogP contribution is 2.26. The molecule has 0 saturated heterocycles. The first kappa shape index (κ1) is 16.8. The fourth-order valence-corrected chi connectivity index (χ4v) is 2.15. The van der Waals surface area contributed by atoms with E-state index >= 15 is 0 Å². The first-order chi connectivity index (χ1) is 9.61. The van der Waals surface area contributed by atoms with Crippen LogP contribution in [0.4, 0.5) is 0 Å². The zero-order valence-corrected chi connectivity index (χ0v) is 13.0. The molecule has 0 aliphatic carbocycles. The molecule has 0 bridgehead atoms. The van der Waals surface area contributed by atoms with Gasteiger partial charge in [0, 0.05) is 32.3 Å². The van der Waals surface area contributed by atoms with Crippen molar-refractivity contribution in [2.24, 2.45) is 10.8 Å². The lowest BCUT2D eigenvalue weighted by Gasteiger charge is -2.28. The van der Waals surface area contributed by atoms with Crippen molar-refractivity contribution < 1.29 is 4.74 Å². The second-order valence-corrected chi connectivity index (χ2v) is 4.91. The van der Waals surface area contributed by atoms with Crippen LogP contribution >= 0.6 is 11.6 Å². The highest BCUT2D eigenvalue weighted by molar-refractivity contribution is 6.31. The van der Waals surface area contributed by atoms with Crippen LogP contribution < -0.4 is 11.3 Å². The topological polar surface area (TPSA) is 62.9 Å². The number of hydrazine groups is 1. The molecule has 1 atom stereocenters. The largest absolute Gasteiger partial charge is 0.385 e. The Hall–Kier alpha value is -1.30. The Balaban J connectivity index is 2.75. The van der Waals surface area contributed by atoms with Gasteiger partial charge >= 0.3 is 0 Å². The van der Waals surface area contributed by atoms with E-state index in [1.807, 2.05) is 36.2 Å². The predicted molar refractivity (Wildman–Crippen MR) is 83.7 cm³/mol. The van der Waals surface area contributed by atoms with E-state index in [1.54, 1.807) is 7.11 Å². The van der Waals surface area contributed by atoms with E-state index in [2.05, 4.69) is 17.3 Å². The summed E-state index contributed by atoms with van der Waals surface area (Å²) in [5.74, 6) is 6.19. The standard InChI is InChI=1S/C14H23ClN4O/c1-11(12-7-4-5-8-13(12)15)19(2)14(18-16)17-9-6-10-20-3/h4-5,7-8,11H,6,9-10,16H2,1-3H3,(H,17,18). The predicted octanol–water partition coefficient (Wildman–Crippen LogP) is 2.19. The molecule has 1 unspecified atom stereocenters. The maximum atomic E-state index is 6.22. The molecule has 0 heterocycles. The number of nitrogens with one attached hydrogen (secondary N) is 1. The SMILES string of the molecule is COCCCN=C(NN)N(C)C(C)c1ccccc1Cl. The monoisotopic (exact) mass is 298 g/mol. The normalized spacial score (nSPS) is 13.2. The number of hydrogen-bond donors (Lipinski definition) is 2. The molecule has 0 spiro atoms. The van der Waals surface area contributed by atoms with Crippen LogP contribution in [-0.4, -0.2) is 38.2 Å². The van der Waals surface area contributed by atoms with Crippen LogP contribution in [0.15, 0.2) is 29.3 Å². The van der Waals surface area contributed by atoms with Gasteiger partial charge in [0.15, 0.2) is 0 Å². The average molecular weight is 299 g/mol. The Bertz CT molecular complexity index is 439. The van der Waals surface area contributed by atoms with Gasteiger partial charge in [-0.2, -0.15) is 0 Å². The molecule has 20 heavy (non-hydrogen) atoms. The average Bonchev–Trinajstić information content (AvgIpc) is 2.46. The molecule has 0 fully saturated rings. The highest BCUT2D eigenvalue weighted by atomic mass is 35.5. The van der Waals surface area contributed by atoms with Gasteiger partial charge in [0.2, 0.25) is 5.96 Å². The van der Waals surface area contributed by atoms with E-state index in [0.717, 1.165) is 17.0 Å². The van der Waals surface area contributed by atoms with Gasteiger partial charge in [-0.15, -0.1) is 0 Å². The number of rotatable bonds is 6. The number of methoxy groups -OCH3 is 1. The van der Waals surface area contributed by atoms with Crippen molar-refractivity contribution in [2.75, 3.05) is 27.3 Å². The lowest BCUT2D eigenvalue weighted by molar-refractivity contribution is 0.197. The molecular weight excluding hydrogens is 276 g/mol. The fraction of sp³-hybridized carbons (Fsp3) is 0.500. The van der Waals surface area contributed by atoms with Gasteiger partial charge in [0.1, 0.15) is 0 Å². The summed E-state index contributed by atoms with van der Waals surface area (Å²) in [7, 11) is 3.61. The number of ether oxygens (including phenoxy) is 1. The summed E-state index contributed by atoms with van der Waals surface area (Å²) in [5, 5.41) is 0.739. The Morgan fingerprint density at radius 1 is 1.50 bits per heavy atom. The smallest absolute Gasteiger partial charge is 0.208 e. The zero-order chi connectivity index (χ0) is 15.0. The van der Waals surface area contributed by atoms with Crippen LogP contribution in [0.3, 0.4) is 0 Å². The van der Waals surface area contributed by atoms with Crippen molar-refractivity contribution in [3.05, 3.63) is 34.9 Å². The van der Waals surface area contributed by atoms with E-state index in [9.17, 15) is 0 Å². The third kappa shape index (κ3) is 4.67. The quantitative estimate of drug-likeness (QED) is 0.278. The molecule has 5 nitrogen and oxygen atoms in total. The molecule has 3 N–H and O–H groups in total. The van der Waals surface area contributed by atoms with Crippen molar-refractivity contribution in [3.63, 3.8) is 0 Å². The van der Waals surface area contributed by atoms with E-state index in [1.165, 1.54) is 0 Å². The second-order valence-electron chi connectivity index (χ2n) is 4.50. The fourth-order valence-electron chi connectivity index (χ4n) is 1.86. The summed E-state index contributed by atoms with van der Waals surface area (Å²) in [6.45, 7) is 3.40. The number of benzene rings is 1. The van der Waals surface area contributed by atoms with Crippen LogP contribution in [0.2, 0.25) is 5.02 Å². The molecule has 1 aromatic carbocycles. The maximum absolute atomic E-state index is 6.22. The second kappa shape index (κ2) is 8.79. The number of guanidine groups is 1. The van der Waals surface area contributed by atoms with Crippen LogP contribution in [0.1, 0.15) is 24.9 Å². The van der Waals surface area contributed by atoms with Crippen molar-refractivity contribution in [1.82, 2.24) is 10.3 Å². The third-order valence-electron chi connectivity index (χ3n) is 3.17. The van der Waals surface area contributed by atoms with E-state index in [0.29, 0.717) is 19.1 Å². The first-order valence-electron chi connectivity index (χ1n) is 6.59. The van der Waals surface area contributed by atoms with Crippen molar-refractivity contribution in [2.45, 2.75) is 19.4 Å². The Morgan fingerprint density at radius 3 is 2.80 bits per heavy atom. The summed E-state index contributed by atoms with van der Waals surface area (Å²) in [4.78, 5) is 6.41. The molecule has 0 amide bonds. The summed E-state index contributed by atoms with van der Waals surface area (Å²) in [6.07, 6.45) is 0.857. The zero-order valence-electron chi connectivity index (χ0n) is 12.3. The van der Waals surface area contributed by atoms with Crippen LogP contribution in [0, 0.1) is 0 Å². The minimum absolute atomic E-state index is 0.0703. The number of nitrogens with two attached hydrogens (primary N) is 1. The van der Waals surface area contributed by atoms with E-state index in [-0.39, 0.29) is 6.04 Å². The Kier molecular flexibility index (Phi) is 7.36. The lowest BCUT2D eigenvalue weighted by atomic mass is 10.1. The number of halogens is 1. The molecule has 6 heteroatoms. The number of aliphatic imine (C=N–C) groups is 1. The van der Waals surface area contributed by atoms with E-state index in [4.69, 9.17) is 22.2 Å². The minimum Gasteiger partial charge on any atom is -0.385 e. The molecular formula is C14H23ClN4O. The molecule has 0 aromatic heterocycles. The maximum Gasteiger partial charge on any atom is 0.208 e. The Morgan fingerprint density at radius 2 is 2.20 bits per heavy atom. The summed E-state index contributed by atoms with van der Waals surface area (Å²) in [6, 6.07) is 7.84. The third-order valence-corrected chi connectivity index (χ3v) is 3.51. The van der Waals surface area contributed by atoms with E-state index < -0.39 is 0 Å². The highest BCUT2D eigenvalue weighted by Gasteiger charge is 2.17. The molecule has 1 aromatic rings. The van der Waals surface area contributed by atoms with Crippen LogP contribution in [0.25, 0.3) is 0 Å². The minimum atomic E-state index is 0.0703. The van der Waals surface area contributed by atoms with Gasteiger partial charge in [0.05, 0.1) is 6.04 Å². The van der Waals surface area contributed by atoms with Gasteiger partial charge in [0.25, 0.3) is 0 Å². The van der Waals surface area contributed by atoms with Gasteiger partial charge in [-0.05, 0) is 25.0 Å². The first-order valence-corrected chi connectivity index (χ1v) is 6.96. The van der Waals surface area contributed by atoms with Crippen molar-refractivity contribution in [1.29, 1.82) is 0 Å². The molecule has 0 radical (unpaired) electrons. The molecule has 0 aliphatic rings. The molecule has 0 aliphatic heterocycles. The number of nitrogens with zero attached hydrogens (tertiary/aromatic N) is 2. The van der Waals surface area contributed by atoms with Crippen molar-refractivity contribution in [3.8, 4) is 0 Å². The number of hydrogen-bond acceptors (Lipinski definition) is 3. The molecule has 112 valence electrons.